The van der Waals surface area contributed by atoms with Crippen LogP contribution < -0.4 is 5.73 Å². The Morgan fingerprint density at radius 2 is 1.57 bits per heavy atom. The normalized spacial score (nSPS) is 12.6. The molecule has 1 atom stereocenters. The van der Waals surface area contributed by atoms with Crippen LogP contribution in [0.2, 0.25) is 10.0 Å². The summed E-state index contributed by atoms with van der Waals surface area (Å²) >= 11 is 12.2. The first-order valence-corrected chi connectivity index (χ1v) is 7.51. The predicted molar refractivity (Wildman–Crippen MR) is 91.2 cm³/mol. The number of hydrogen-bond donors (Lipinski definition) is 1. The number of rotatable bonds is 2. The first kappa shape index (κ1) is 14.4. The molecule has 3 aromatic carbocycles. The molecule has 0 saturated heterocycles. The molecule has 3 aromatic rings. The van der Waals surface area contributed by atoms with Gasteiger partial charge in [-0.25, -0.2) is 0 Å². The largest absolute Gasteiger partial charge is 0.320 e. The van der Waals surface area contributed by atoms with Crippen LogP contribution >= 0.6 is 23.2 Å². The summed E-state index contributed by atoms with van der Waals surface area (Å²) in [4.78, 5) is 0. The maximum atomic E-state index is 6.50. The molecule has 0 radical (unpaired) electrons. The van der Waals surface area contributed by atoms with Crippen molar-refractivity contribution in [3.05, 3.63) is 81.3 Å². The first-order chi connectivity index (χ1) is 10.1. The monoisotopic (exact) mass is 315 g/mol. The standard InChI is InChI=1S/C18H15Cl2N/c1-11-6-7-12-4-2-3-5-16(12)17(11)18(21)13-8-14(19)10-15(20)9-13/h2-10,18H,21H2,1H3. The third kappa shape index (κ3) is 2.77. The van der Waals surface area contributed by atoms with Gasteiger partial charge in [-0.3, -0.25) is 0 Å². The van der Waals surface area contributed by atoms with Crippen LogP contribution in [0, 0.1) is 6.92 Å². The lowest BCUT2D eigenvalue weighted by molar-refractivity contribution is 0.871. The molecule has 0 aromatic heterocycles. The minimum Gasteiger partial charge on any atom is -0.320 e. The number of aryl methyl sites for hydroxylation is 1. The molecule has 106 valence electrons. The number of nitrogens with two attached hydrogens (primary N) is 1. The molecule has 21 heavy (non-hydrogen) atoms. The quantitative estimate of drug-likeness (QED) is 0.663. The van der Waals surface area contributed by atoms with Gasteiger partial charge in [0.05, 0.1) is 6.04 Å². The fourth-order valence-corrected chi connectivity index (χ4v) is 3.28. The van der Waals surface area contributed by atoms with Crippen molar-refractivity contribution in [1.29, 1.82) is 0 Å². The Balaban J connectivity index is 2.21. The van der Waals surface area contributed by atoms with Crippen molar-refractivity contribution in [1.82, 2.24) is 0 Å². The molecule has 0 heterocycles. The van der Waals surface area contributed by atoms with E-state index in [4.69, 9.17) is 28.9 Å². The Morgan fingerprint density at radius 1 is 0.905 bits per heavy atom. The summed E-state index contributed by atoms with van der Waals surface area (Å²) in [5.74, 6) is 0. The second-order valence-corrected chi connectivity index (χ2v) is 6.07. The molecule has 1 unspecified atom stereocenters. The minimum atomic E-state index is -0.257. The Hall–Kier alpha value is -1.54. The summed E-state index contributed by atoms with van der Waals surface area (Å²) in [6, 6.07) is 17.7. The van der Waals surface area contributed by atoms with E-state index in [1.54, 1.807) is 6.07 Å². The van der Waals surface area contributed by atoms with Gasteiger partial charge < -0.3 is 5.73 Å². The summed E-state index contributed by atoms with van der Waals surface area (Å²) in [5.41, 5.74) is 9.71. The third-order valence-corrected chi connectivity index (χ3v) is 4.18. The third-order valence-electron chi connectivity index (χ3n) is 3.74. The van der Waals surface area contributed by atoms with Crippen LogP contribution in [0.15, 0.2) is 54.6 Å². The molecule has 0 spiro atoms. The average Bonchev–Trinajstić information content (AvgIpc) is 2.45. The van der Waals surface area contributed by atoms with Gasteiger partial charge in [0, 0.05) is 10.0 Å². The van der Waals surface area contributed by atoms with Crippen molar-refractivity contribution in [2.75, 3.05) is 0 Å². The second kappa shape index (κ2) is 5.69. The lowest BCUT2D eigenvalue weighted by Gasteiger charge is -2.18. The van der Waals surface area contributed by atoms with Crippen LogP contribution in [0.25, 0.3) is 10.8 Å². The van der Waals surface area contributed by atoms with Crippen molar-refractivity contribution >= 4 is 34.0 Å². The fourth-order valence-electron chi connectivity index (χ4n) is 2.74. The number of benzene rings is 3. The smallest absolute Gasteiger partial charge is 0.0561 e. The van der Waals surface area contributed by atoms with Crippen molar-refractivity contribution in [2.45, 2.75) is 13.0 Å². The second-order valence-electron chi connectivity index (χ2n) is 5.20. The lowest BCUT2D eigenvalue weighted by atomic mass is 9.91. The number of fused-ring (bicyclic) bond motifs is 1. The minimum absolute atomic E-state index is 0.257. The van der Waals surface area contributed by atoms with Crippen LogP contribution in [0.1, 0.15) is 22.7 Å². The van der Waals surface area contributed by atoms with Gasteiger partial charge in [-0.05, 0) is 52.6 Å². The maximum absolute atomic E-state index is 6.50. The first-order valence-electron chi connectivity index (χ1n) is 6.76. The highest BCUT2D eigenvalue weighted by Gasteiger charge is 2.15. The number of halogens is 2. The molecule has 0 fully saturated rings. The van der Waals surface area contributed by atoms with E-state index in [1.807, 2.05) is 24.3 Å². The van der Waals surface area contributed by atoms with E-state index >= 15 is 0 Å². The average molecular weight is 316 g/mol. The fraction of sp³-hybridized carbons (Fsp3) is 0.111. The van der Waals surface area contributed by atoms with Crippen molar-refractivity contribution < 1.29 is 0 Å². The molecule has 3 rings (SSSR count). The SMILES string of the molecule is Cc1ccc2ccccc2c1C(N)c1cc(Cl)cc(Cl)c1. The predicted octanol–water partition coefficient (Wildman–Crippen LogP) is 5.50. The summed E-state index contributed by atoms with van der Waals surface area (Å²) in [6.07, 6.45) is 0. The topological polar surface area (TPSA) is 26.0 Å². The summed E-state index contributed by atoms with van der Waals surface area (Å²) in [5, 5.41) is 3.56. The zero-order valence-electron chi connectivity index (χ0n) is 11.6. The highest BCUT2D eigenvalue weighted by molar-refractivity contribution is 6.34. The van der Waals surface area contributed by atoms with Crippen LogP contribution in [0.3, 0.4) is 0 Å². The van der Waals surface area contributed by atoms with E-state index in [9.17, 15) is 0 Å². The van der Waals surface area contributed by atoms with Gasteiger partial charge in [-0.2, -0.15) is 0 Å². The van der Waals surface area contributed by atoms with Gasteiger partial charge in [-0.1, -0.05) is 59.6 Å². The van der Waals surface area contributed by atoms with E-state index in [0.29, 0.717) is 10.0 Å². The Kier molecular flexibility index (Phi) is 3.90. The highest BCUT2D eigenvalue weighted by atomic mass is 35.5. The zero-order chi connectivity index (χ0) is 15.0. The van der Waals surface area contributed by atoms with Crippen LogP contribution in [-0.4, -0.2) is 0 Å². The molecule has 0 aliphatic carbocycles. The van der Waals surface area contributed by atoms with Crippen molar-refractivity contribution in [2.24, 2.45) is 5.73 Å². The molecule has 0 amide bonds. The molecule has 0 aliphatic heterocycles. The lowest BCUT2D eigenvalue weighted by Crippen LogP contribution is -2.14. The molecule has 2 N–H and O–H groups in total. The van der Waals surface area contributed by atoms with Crippen LogP contribution in [0.4, 0.5) is 0 Å². The van der Waals surface area contributed by atoms with Crippen molar-refractivity contribution in [3.8, 4) is 0 Å². The van der Waals surface area contributed by atoms with Gasteiger partial charge in [0.2, 0.25) is 0 Å². The number of hydrogen-bond acceptors (Lipinski definition) is 1. The molecule has 3 heteroatoms. The molecular formula is C18H15Cl2N. The summed E-state index contributed by atoms with van der Waals surface area (Å²) in [7, 11) is 0. The zero-order valence-corrected chi connectivity index (χ0v) is 13.1. The highest BCUT2D eigenvalue weighted by Crippen LogP contribution is 2.32. The summed E-state index contributed by atoms with van der Waals surface area (Å²) in [6.45, 7) is 2.08. The van der Waals surface area contributed by atoms with Gasteiger partial charge >= 0.3 is 0 Å². The van der Waals surface area contributed by atoms with E-state index in [0.717, 1.165) is 16.7 Å². The van der Waals surface area contributed by atoms with E-state index < -0.39 is 0 Å². The molecular weight excluding hydrogens is 301 g/mol. The maximum Gasteiger partial charge on any atom is 0.0561 e. The van der Waals surface area contributed by atoms with Gasteiger partial charge in [0.25, 0.3) is 0 Å². The van der Waals surface area contributed by atoms with E-state index in [2.05, 4.69) is 31.2 Å². The van der Waals surface area contributed by atoms with E-state index in [-0.39, 0.29) is 6.04 Å². The van der Waals surface area contributed by atoms with Gasteiger partial charge in [0.15, 0.2) is 0 Å². The van der Waals surface area contributed by atoms with Crippen molar-refractivity contribution in [3.63, 3.8) is 0 Å². The molecule has 1 nitrogen and oxygen atoms in total. The molecule has 0 saturated carbocycles. The molecule has 0 bridgehead atoms. The van der Waals surface area contributed by atoms with Gasteiger partial charge in [0.1, 0.15) is 0 Å². The Bertz CT molecular complexity index is 791. The van der Waals surface area contributed by atoms with E-state index in [1.165, 1.54) is 10.8 Å². The Morgan fingerprint density at radius 3 is 2.29 bits per heavy atom. The van der Waals surface area contributed by atoms with Crippen LogP contribution in [0.5, 0.6) is 0 Å². The molecule has 0 aliphatic rings. The Labute approximate surface area is 134 Å². The van der Waals surface area contributed by atoms with Crippen LogP contribution in [-0.2, 0) is 0 Å². The summed E-state index contributed by atoms with van der Waals surface area (Å²) < 4.78 is 0. The van der Waals surface area contributed by atoms with Gasteiger partial charge in [-0.15, -0.1) is 0 Å².